The van der Waals surface area contributed by atoms with E-state index in [0.717, 1.165) is 77.8 Å². The van der Waals surface area contributed by atoms with Crippen molar-refractivity contribution < 1.29 is 18.9 Å². The molecule has 0 aromatic rings. The zero-order valence-electron chi connectivity index (χ0n) is 12.3. The van der Waals surface area contributed by atoms with Gasteiger partial charge in [-0.25, -0.2) is 0 Å². The zero-order chi connectivity index (χ0) is 13.7. The average molecular weight is 282 g/mol. The van der Waals surface area contributed by atoms with Crippen LogP contribution in [0.5, 0.6) is 0 Å². The van der Waals surface area contributed by atoms with Gasteiger partial charge in [0, 0.05) is 25.7 Å². The highest BCUT2D eigenvalue weighted by Gasteiger charge is 2.36. The molecule has 0 N–H and O–H groups in total. The highest BCUT2D eigenvalue weighted by atomic mass is 16.7. The van der Waals surface area contributed by atoms with Gasteiger partial charge < -0.3 is 18.9 Å². The van der Waals surface area contributed by atoms with Crippen molar-refractivity contribution in [3.63, 3.8) is 0 Å². The van der Waals surface area contributed by atoms with Crippen LogP contribution in [-0.2, 0) is 18.9 Å². The lowest BCUT2D eigenvalue weighted by molar-refractivity contribution is -0.276. The number of ether oxygens (including phenoxy) is 4. The fourth-order valence-electron chi connectivity index (χ4n) is 3.28. The standard InChI is InChI=1S/C16H26O4/c1-2-8-16(19-13-6-14-20-16)10-4-3-9-15(7-1)17-11-5-12-18-15/h1-2H,3-14H2/b2-1-. The molecule has 0 unspecified atom stereocenters. The van der Waals surface area contributed by atoms with E-state index >= 15 is 0 Å². The molecule has 2 heterocycles. The van der Waals surface area contributed by atoms with Gasteiger partial charge in [0.15, 0.2) is 11.6 Å². The Kier molecular flexibility index (Phi) is 4.76. The maximum absolute atomic E-state index is 5.94. The minimum atomic E-state index is -0.368. The van der Waals surface area contributed by atoms with Crippen molar-refractivity contribution in [1.82, 2.24) is 0 Å². The Morgan fingerprint density at radius 3 is 1.35 bits per heavy atom. The predicted octanol–water partition coefficient (Wildman–Crippen LogP) is 3.16. The van der Waals surface area contributed by atoms with Gasteiger partial charge in [0.1, 0.15) is 0 Å². The molecule has 4 nitrogen and oxygen atoms in total. The summed E-state index contributed by atoms with van der Waals surface area (Å²) in [4.78, 5) is 0. The Morgan fingerprint density at radius 2 is 0.950 bits per heavy atom. The summed E-state index contributed by atoms with van der Waals surface area (Å²) in [5.74, 6) is -0.735. The molecule has 0 bridgehead atoms. The summed E-state index contributed by atoms with van der Waals surface area (Å²) >= 11 is 0. The second-order valence-corrected chi connectivity index (χ2v) is 6.01. The summed E-state index contributed by atoms with van der Waals surface area (Å²) < 4.78 is 23.8. The molecule has 114 valence electrons. The van der Waals surface area contributed by atoms with E-state index in [9.17, 15) is 0 Å². The Bertz CT molecular complexity index is 295. The van der Waals surface area contributed by atoms with Crippen LogP contribution in [0.2, 0.25) is 0 Å². The molecule has 3 aliphatic rings. The molecule has 0 aromatic heterocycles. The van der Waals surface area contributed by atoms with Crippen molar-refractivity contribution in [3.05, 3.63) is 12.2 Å². The SMILES string of the molecule is C1=C\CC2(CCCCC3(C/1)OCCCO3)OCCCO2. The normalized spacial score (nSPS) is 32.0. The van der Waals surface area contributed by atoms with E-state index in [2.05, 4.69) is 12.2 Å². The van der Waals surface area contributed by atoms with Crippen molar-refractivity contribution in [1.29, 1.82) is 0 Å². The lowest BCUT2D eigenvalue weighted by atomic mass is 9.96. The topological polar surface area (TPSA) is 36.9 Å². The molecule has 2 fully saturated rings. The van der Waals surface area contributed by atoms with Crippen molar-refractivity contribution in [2.75, 3.05) is 26.4 Å². The molecule has 0 saturated carbocycles. The molecule has 0 atom stereocenters. The Hall–Kier alpha value is -0.420. The maximum atomic E-state index is 5.94. The van der Waals surface area contributed by atoms with Crippen LogP contribution in [0.1, 0.15) is 51.4 Å². The van der Waals surface area contributed by atoms with E-state index < -0.39 is 0 Å². The van der Waals surface area contributed by atoms with E-state index in [1.54, 1.807) is 0 Å². The molecule has 0 aromatic carbocycles. The Morgan fingerprint density at radius 1 is 0.550 bits per heavy atom. The van der Waals surface area contributed by atoms with Gasteiger partial charge in [-0.2, -0.15) is 0 Å². The molecular formula is C16H26O4. The fourth-order valence-corrected chi connectivity index (χ4v) is 3.28. The van der Waals surface area contributed by atoms with Crippen LogP contribution >= 0.6 is 0 Å². The van der Waals surface area contributed by atoms with Gasteiger partial charge in [-0.1, -0.05) is 12.2 Å². The second-order valence-electron chi connectivity index (χ2n) is 6.01. The van der Waals surface area contributed by atoms with Crippen molar-refractivity contribution in [2.45, 2.75) is 62.9 Å². The minimum Gasteiger partial charge on any atom is -0.350 e. The lowest BCUT2D eigenvalue weighted by Crippen LogP contribution is -2.42. The zero-order valence-corrected chi connectivity index (χ0v) is 12.3. The summed E-state index contributed by atoms with van der Waals surface area (Å²) in [6.07, 6.45) is 12.2. The first-order valence-electron chi connectivity index (χ1n) is 8.04. The molecular weight excluding hydrogens is 256 g/mol. The quantitative estimate of drug-likeness (QED) is 0.640. The summed E-state index contributed by atoms with van der Waals surface area (Å²) in [6, 6.07) is 0. The van der Waals surface area contributed by atoms with Gasteiger partial charge in [0.05, 0.1) is 26.4 Å². The average Bonchev–Trinajstić information content (AvgIpc) is 2.50. The molecule has 0 amide bonds. The molecule has 2 aliphatic heterocycles. The Balaban J connectivity index is 1.64. The third-order valence-electron chi connectivity index (χ3n) is 4.43. The van der Waals surface area contributed by atoms with Crippen LogP contribution in [-0.4, -0.2) is 38.0 Å². The first-order chi connectivity index (χ1) is 9.83. The lowest BCUT2D eigenvalue weighted by Gasteiger charge is -2.39. The van der Waals surface area contributed by atoms with Crippen LogP contribution in [0.3, 0.4) is 0 Å². The molecule has 4 heteroatoms. The monoisotopic (exact) mass is 282 g/mol. The van der Waals surface area contributed by atoms with Crippen LogP contribution in [0.15, 0.2) is 12.2 Å². The maximum Gasteiger partial charge on any atom is 0.171 e. The summed E-state index contributed by atoms with van der Waals surface area (Å²) in [6.45, 7) is 3.29. The van der Waals surface area contributed by atoms with Crippen LogP contribution in [0.25, 0.3) is 0 Å². The van der Waals surface area contributed by atoms with E-state index in [0.29, 0.717) is 0 Å². The highest BCUT2D eigenvalue weighted by Crippen LogP contribution is 2.34. The predicted molar refractivity (Wildman–Crippen MR) is 75.3 cm³/mol. The Labute approximate surface area is 121 Å². The van der Waals surface area contributed by atoms with Gasteiger partial charge in [-0.3, -0.25) is 0 Å². The molecule has 2 saturated heterocycles. The molecule has 1 aliphatic carbocycles. The molecule has 2 spiro atoms. The van der Waals surface area contributed by atoms with Gasteiger partial charge in [-0.15, -0.1) is 0 Å². The van der Waals surface area contributed by atoms with E-state index in [1.807, 2.05) is 0 Å². The highest BCUT2D eigenvalue weighted by molar-refractivity contribution is 4.94. The van der Waals surface area contributed by atoms with Crippen LogP contribution in [0.4, 0.5) is 0 Å². The van der Waals surface area contributed by atoms with Gasteiger partial charge in [0.2, 0.25) is 0 Å². The van der Waals surface area contributed by atoms with Crippen LogP contribution < -0.4 is 0 Å². The van der Waals surface area contributed by atoms with Gasteiger partial charge in [-0.05, 0) is 25.7 Å². The van der Waals surface area contributed by atoms with Crippen molar-refractivity contribution in [2.24, 2.45) is 0 Å². The van der Waals surface area contributed by atoms with Crippen molar-refractivity contribution >= 4 is 0 Å². The number of hydrogen-bond acceptors (Lipinski definition) is 4. The molecule has 3 rings (SSSR count). The first-order valence-corrected chi connectivity index (χ1v) is 8.04. The largest absolute Gasteiger partial charge is 0.350 e. The van der Waals surface area contributed by atoms with Crippen LogP contribution in [0, 0.1) is 0 Å². The smallest absolute Gasteiger partial charge is 0.171 e. The van der Waals surface area contributed by atoms with Gasteiger partial charge >= 0.3 is 0 Å². The van der Waals surface area contributed by atoms with Gasteiger partial charge in [0.25, 0.3) is 0 Å². The van der Waals surface area contributed by atoms with Crippen molar-refractivity contribution in [3.8, 4) is 0 Å². The van der Waals surface area contributed by atoms with E-state index in [4.69, 9.17) is 18.9 Å². The molecule has 0 radical (unpaired) electrons. The first kappa shape index (κ1) is 14.5. The minimum absolute atomic E-state index is 0.368. The number of rotatable bonds is 0. The van der Waals surface area contributed by atoms with E-state index in [1.165, 1.54) is 0 Å². The number of hydrogen-bond donors (Lipinski definition) is 0. The summed E-state index contributed by atoms with van der Waals surface area (Å²) in [5, 5.41) is 0. The summed E-state index contributed by atoms with van der Waals surface area (Å²) in [5.41, 5.74) is 0. The fraction of sp³-hybridized carbons (Fsp3) is 0.875. The third-order valence-corrected chi connectivity index (χ3v) is 4.43. The third kappa shape index (κ3) is 3.42. The summed E-state index contributed by atoms with van der Waals surface area (Å²) in [7, 11) is 0. The second kappa shape index (κ2) is 6.56. The molecule has 20 heavy (non-hydrogen) atoms. The van der Waals surface area contributed by atoms with E-state index in [-0.39, 0.29) is 11.6 Å².